The van der Waals surface area contributed by atoms with Crippen LogP contribution in [0.25, 0.3) is 0 Å². The molecule has 0 spiro atoms. The van der Waals surface area contributed by atoms with Gasteiger partial charge in [0.25, 0.3) is 0 Å². The summed E-state index contributed by atoms with van der Waals surface area (Å²) in [5.41, 5.74) is 0. The van der Waals surface area contributed by atoms with Gasteiger partial charge in [0.05, 0.1) is 19.6 Å². The lowest BCUT2D eigenvalue weighted by molar-refractivity contribution is 0.411. The summed E-state index contributed by atoms with van der Waals surface area (Å²) in [6, 6.07) is 2.18. The molecule has 0 atom stereocenters. The Morgan fingerprint density at radius 3 is 2.75 bits per heavy atom. The fourth-order valence-corrected chi connectivity index (χ4v) is 1.98. The molecule has 0 bridgehead atoms. The minimum atomic E-state index is 0.455. The third-order valence-electron chi connectivity index (χ3n) is 2.71. The van der Waals surface area contributed by atoms with E-state index in [0.29, 0.717) is 30.5 Å². The van der Waals surface area contributed by atoms with Crippen molar-refractivity contribution in [2.75, 3.05) is 37.0 Å². The molecular weight excluding hydrogens is 254 g/mol. The van der Waals surface area contributed by atoms with E-state index in [4.69, 9.17) is 10.00 Å². The first-order valence-electron chi connectivity index (χ1n) is 6.88. The van der Waals surface area contributed by atoms with Gasteiger partial charge in [-0.2, -0.15) is 5.26 Å². The summed E-state index contributed by atoms with van der Waals surface area (Å²) in [4.78, 5) is 10.6. The lowest BCUT2D eigenvalue weighted by Crippen LogP contribution is -2.30. The summed E-state index contributed by atoms with van der Waals surface area (Å²) in [5, 5.41) is 12.0. The highest BCUT2D eigenvalue weighted by Crippen LogP contribution is 2.32. The van der Waals surface area contributed by atoms with Crippen molar-refractivity contribution >= 4 is 11.6 Å². The van der Waals surface area contributed by atoms with E-state index in [-0.39, 0.29) is 0 Å². The van der Waals surface area contributed by atoms with E-state index in [0.717, 1.165) is 18.9 Å². The van der Waals surface area contributed by atoms with Crippen LogP contribution >= 0.6 is 0 Å². The Balaban J connectivity index is 3.10. The zero-order valence-electron chi connectivity index (χ0n) is 12.7. The van der Waals surface area contributed by atoms with Gasteiger partial charge in [-0.1, -0.05) is 13.8 Å². The second-order valence-electron chi connectivity index (χ2n) is 4.86. The largest absolute Gasteiger partial charge is 0.490 e. The Morgan fingerprint density at radius 1 is 1.45 bits per heavy atom. The van der Waals surface area contributed by atoms with E-state index in [1.54, 1.807) is 7.11 Å². The highest BCUT2D eigenvalue weighted by Gasteiger charge is 2.18. The van der Waals surface area contributed by atoms with Crippen molar-refractivity contribution in [3.05, 3.63) is 6.33 Å². The van der Waals surface area contributed by atoms with Gasteiger partial charge in [0.15, 0.2) is 11.6 Å². The first kappa shape index (κ1) is 16.0. The van der Waals surface area contributed by atoms with Crippen molar-refractivity contribution in [1.29, 1.82) is 5.26 Å². The number of methoxy groups -OCH3 is 1. The van der Waals surface area contributed by atoms with Gasteiger partial charge in [0, 0.05) is 19.6 Å². The summed E-state index contributed by atoms with van der Waals surface area (Å²) < 4.78 is 5.46. The molecule has 0 aromatic carbocycles. The molecule has 1 aromatic heterocycles. The number of nitrogens with one attached hydrogen (secondary N) is 1. The van der Waals surface area contributed by atoms with Crippen molar-refractivity contribution in [3.63, 3.8) is 0 Å². The number of nitriles is 1. The number of nitrogens with zero attached hydrogens (tertiary/aromatic N) is 4. The normalized spacial score (nSPS) is 10.2. The molecule has 0 unspecified atom stereocenters. The molecule has 0 saturated carbocycles. The van der Waals surface area contributed by atoms with Crippen LogP contribution in [0.5, 0.6) is 5.75 Å². The predicted molar refractivity (Wildman–Crippen MR) is 80.0 cm³/mol. The Labute approximate surface area is 120 Å². The van der Waals surface area contributed by atoms with Crippen LogP contribution in [0.2, 0.25) is 0 Å². The summed E-state index contributed by atoms with van der Waals surface area (Å²) in [5.74, 6) is 2.53. The molecule has 20 heavy (non-hydrogen) atoms. The maximum Gasteiger partial charge on any atom is 0.204 e. The van der Waals surface area contributed by atoms with Crippen LogP contribution in [0.1, 0.15) is 27.2 Å². The monoisotopic (exact) mass is 277 g/mol. The molecule has 0 radical (unpaired) electrons. The first-order chi connectivity index (χ1) is 9.63. The zero-order chi connectivity index (χ0) is 15.0. The van der Waals surface area contributed by atoms with Crippen LogP contribution in [0.3, 0.4) is 0 Å². The van der Waals surface area contributed by atoms with Crippen LogP contribution < -0.4 is 15.0 Å². The molecule has 0 aliphatic heterocycles. The predicted octanol–water partition coefficient (Wildman–Crippen LogP) is 2.29. The maximum atomic E-state index is 8.81. The molecule has 6 heteroatoms. The van der Waals surface area contributed by atoms with Gasteiger partial charge < -0.3 is 15.0 Å². The lowest BCUT2D eigenvalue weighted by atomic mass is 10.2. The minimum Gasteiger partial charge on any atom is -0.490 e. The molecule has 0 amide bonds. The van der Waals surface area contributed by atoms with Crippen LogP contribution in [-0.2, 0) is 0 Å². The maximum absolute atomic E-state index is 8.81. The molecular formula is C14H23N5O. The Hall–Kier alpha value is -2.03. The third kappa shape index (κ3) is 4.26. The van der Waals surface area contributed by atoms with Crippen molar-refractivity contribution < 1.29 is 4.74 Å². The molecule has 0 aliphatic rings. The molecule has 6 nitrogen and oxygen atoms in total. The Bertz CT molecular complexity index is 455. The molecule has 0 saturated heterocycles. The summed E-state index contributed by atoms with van der Waals surface area (Å²) in [7, 11) is 1.61. The fraction of sp³-hybridized carbons (Fsp3) is 0.643. The summed E-state index contributed by atoms with van der Waals surface area (Å²) >= 11 is 0. The van der Waals surface area contributed by atoms with Crippen molar-refractivity contribution in [1.82, 2.24) is 9.97 Å². The smallest absolute Gasteiger partial charge is 0.204 e. The SMILES string of the molecule is CCNc1ncnc(N(CCC#N)CC(C)C)c1OC. The van der Waals surface area contributed by atoms with Crippen molar-refractivity contribution in [3.8, 4) is 11.8 Å². The van der Waals surface area contributed by atoms with Crippen molar-refractivity contribution in [2.45, 2.75) is 27.2 Å². The van der Waals surface area contributed by atoms with Crippen molar-refractivity contribution in [2.24, 2.45) is 5.92 Å². The van der Waals surface area contributed by atoms with E-state index in [9.17, 15) is 0 Å². The average Bonchev–Trinajstić information content (AvgIpc) is 2.43. The third-order valence-corrected chi connectivity index (χ3v) is 2.71. The molecule has 0 fully saturated rings. The van der Waals surface area contributed by atoms with Gasteiger partial charge >= 0.3 is 0 Å². The van der Waals surface area contributed by atoms with Gasteiger partial charge in [-0.05, 0) is 12.8 Å². The number of ether oxygens (including phenoxy) is 1. The van der Waals surface area contributed by atoms with E-state index in [1.165, 1.54) is 6.33 Å². The van der Waals surface area contributed by atoms with Gasteiger partial charge in [-0.15, -0.1) is 0 Å². The van der Waals surface area contributed by atoms with Crippen LogP contribution in [0, 0.1) is 17.2 Å². The number of hydrogen-bond donors (Lipinski definition) is 1. The number of rotatable bonds is 8. The van der Waals surface area contributed by atoms with E-state index >= 15 is 0 Å². The fourth-order valence-electron chi connectivity index (χ4n) is 1.98. The number of aromatic nitrogens is 2. The van der Waals surface area contributed by atoms with Gasteiger partial charge in [-0.25, -0.2) is 9.97 Å². The van der Waals surface area contributed by atoms with E-state index < -0.39 is 0 Å². The van der Waals surface area contributed by atoms with Gasteiger partial charge in [-0.3, -0.25) is 0 Å². The number of anilines is 2. The summed E-state index contributed by atoms with van der Waals surface area (Å²) in [6.07, 6.45) is 1.98. The number of hydrogen-bond acceptors (Lipinski definition) is 6. The zero-order valence-corrected chi connectivity index (χ0v) is 12.7. The minimum absolute atomic E-state index is 0.455. The summed E-state index contributed by atoms with van der Waals surface area (Å²) in [6.45, 7) is 8.49. The van der Waals surface area contributed by atoms with Gasteiger partial charge in [0.2, 0.25) is 5.75 Å². The molecule has 1 heterocycles. The molecule has 1 N–H and O–H groups in total. The van der Waals surface area contributed by atoms with Gasteiger partial charge in [0.1, 0.15) is 6.33 Å². The average molecular weight is 277 g/mol. The first-order valence-corrected chi connectivity index (χ1v) is 6.88. The standard InChI is InChI=1S/C14H23N5O/c1-5-16-13-12(20-4)14(18-10-17-13)19(8-6-7-15)9-11(2)3/h10-11H,5-6,8-9H2,1-4H3,(H,16,17,18). The second-order valence-corrected chi connectivity index (χ2v) is 4.86. The van der Waals surface area contributed by atoms with E-state index in [2.05, 4.69) is 40.1 Å². The lowest BCUT2D eigenvalue weighted by Gasteiger charge is -2.26. The molecule has 1 aromatic rings. The topological polar surface area (TPSA) is 74.1 Å². The second kappa shape index (κ2) is 8.20. The van der Waals surface area contributed by atoms with E-state index in [1.807, 2.05) is 6.92 Å². The molecule has 110 valence electrons. The molecule has 1 rings (SSSR count). The van der Waals surface area contributed by atoms with Crippen LogP contribution in [0.15, 0.2) is 6.33 Å². The highest BCUT2D eigenvalue weighted by atomic mass is 16.5. The highest BCUT2D eigenvalue weighted by molar-refractivity contribution is 5.64. The Morgan fingerprint density at radius 2 is 2.20 bits per heavy atom. The quantitative estimate of drug-likeness (QED) is 0.786. The van der Waals surface area contributed by atoms with Crippen LogP contribution in [0.4, 0.5) is 11.6 Å². The molecule has 0 aliphatic carbocycles. The van der Waals surface area contributed by atoms with Crippen LogP contribution in [-0.4, -0.2) is 36.7 Å². The Kier molecular flexibility index (Phi) is 6.57.